The molecule has 0 aromatic heterocycles. The lowest BCUT2D eigenvalue weighted by atomic mass is 10.3. The molecule has 1 aromatic carbocycles. The molecule has 1 aliphatic heterocycles. The third kappa shape index (κ3) is 5.18. The molecule has 1 aromatic rings. The fourth-order valence-corrected chi connectivity index (χ4v) is 3.43. The molecule has 0 amide bonds. The van der Waals surface area contributed by atoms with Gasteiger partial charge in [0.25, 0.3) is 0 Å². The Morgan fingerprint density at radius 1 is 1.32 bits per heavy atom. The maximum absolute atomic E-state index is 11.8. The van der Waals surface area contributed by atoms with E-state index in [-0.39, 0.29) is 11.8 Å². The Balaban J connectivity index is 1.66. The van der Waals surface area contributed by atoms with Gasteiger partial charge in [-0.15, -0.1) is 0 Å². The lowest BCUT2D eigenvalue weighted by Crippen LogP contribution is -2.38. The van der Waals surface area contributed by atoms with Crippen molar-refractivity contribution < 1.29 is 13.2 Å². The average Bonchev–Trinajstić information content (AvgIpc) is 2.88. The van der Waals surface area contributed by atoms with Crippen LogP contribution in [0.4, 0.5) is 0 Å². The Morgan fingerprint density at radius 3 is 2.79 bits per heavy atom. The molecule has 0 bridgehead atoms. The van der Waals surface area contributed by atoms with Crippen molar-refractivity contribution in [2.24, 2.45) is 0 Å². The molecule has 1 atom stereocenters. The largest absolute Gasteiger partial charge is 0.492 e. The average molecular weight is 284 g/mol. The molecule has 2 rings (SSSR count). The second-order valence-electron chi connectivity index (χ2n) is 4.63. The highest BCUT2D eigenvalue weighted by atomic mass is 32.2. The van der Waals surface area contributed by atoms with E-state index in [0.29, 0.717) is 13.2 Å². The summed E-state index contributed by atoms with van der Waals surface area (Å²) in [7, 11) is -3.21. The number of para-hydroxylation sites is 1. The first kappa shape index (κ1) is 14.3. The van der Waals surface area contributed by atoms with Gasteiger partial charge in [-0.05, 0) is 31.5 Å². The third-order valence-corrected chi connectivity index (χ3v) is 4.50. The maximum Gasteiger partial charge on any atom is 0.213 e. The lowest BCUT2D eigenvalue weighted by Gasteiger charge is -2.12. The standard InChI is InChI=1S/C13H20N2O3S/c16-19(17,11-12-5-4-8-14-12)15-9-10-18-13-6-2-1-3-7-13/h1-3,6-7,12,14-15H,4-5,8-11H2. The molecule has 1 aliphatic rings. The molecule has 0 saturated carbocycles. The monoisotopic (exact) mass is 284 g/mol. The Morgan fingerprint density at radius 2 is 2.11 bits per heavy atom. The van der Waals surface area contributed by atoms with E-state index in [0.717, 1.165) is 25.1 Å². The van der Waals surface area contributed by atoms with Crippen LogP contribution in [-0.4, -0.2) is 39.9 Å². The summed E-state index contributed by atoms with van der Waals surface area (Å²) < 4.78 is 31.6. The zero-order valence-electron chi connectivity index (χ0n) is 10.8. The number of hydrogen-bond acceptors (Lipinski definition) is 4. The summed E-state index contributed by atoms with van der Waals surface area (Å²) in [5.41, 5.74) is 0. The first-order chi connectivity index (χ1) is 9.16. The van der Waals surface area contributed by atoms with Crippen LogP contribution in [0, 0.1) is 0 Å². The zero-order valence-corrected chi connectivity index (χ0v) is 11.7. The molecule has 1 fully saturated rings. The number of ether oxygens (including phenoxy) is 1. The number of rotatable bonds is 7. The summed E-state index contributed by atoms with van der Waals surface area (Å²) >= 11 is 0. The van der Waals surface area contributed by atoms with E-state index in [2.05, 4.69) is 10.0 Å². The fraction of sp³-hybridized carbons (Fsp3) is 0.538. The first-order valence-electron chi connectivity index (χ1n) is 6.54. The first-order valence-corrected chi connectivity index (χ1v) is 8.19. The van der Waals surface area contributed by atoms with Crippen LogP contribution < -0.4 is 14.8 Å². The predicted molar refractivity (Wildman–Crippen MR) is 74.8 cm³/mol. The molecule has 1 unspecified atom stereocenters. The summed E-state index contributed by atoms with van der Waals surface area (Å²) in [6.45, 7) is 1.54. The summed E-state index contributed by atoms with van der Waals surface area (Å²) in [6, 6.07) is 9.45. The second-order valence-corrected chi connectivity index (χ2v) is 6.48. The number of nitrogens with one attached hydrogen (secondary N) is 2. The summed E-state index contributed by atoms with van der Waals surface area (Å²) in [5.74, 6) is 0.900. The van der Waals surface area contributed by atoms with Crippen LogP contribution >= 0.6 is 0 Å². The maximum atomic E-state index is 11.8. The van der Waals surface area contributed by atoms with Crippen LogP contribution in [0.15, 0.2) is 30.3 Å². The SMILES string of the molecule is O=S(=O)(CC1CCCN1)NCCOc1ccccc1. The molecule has 1 heterocycles. The van der Waals surface area contributed by atoms with Crippen molar-refractivity contribution in [1.29, 1.82) is 0 Å². The molecule has 6 heteroatoms. The highest BCUT2D eigenvalue weighted by Gasteiger charge is 2.21. The Hall–Kier alpha value is -1.11. The van der Waals surface area contributed by atoms with Crippen LogP contribution in [0.3, 0.4) is 0 Å². The van der Waals surface area contributed by atoms with Gasteiger partial charge in [0.2, 0.25) is 10.0 Å². The summed E-state index contributed by atoms with van der Waals surface area (Å²) in [5, 5.41) is 3.18. The van der Waals surface area contributed by atoms with Gasteiger partial charge < -0.3 is 10.1 Å². The van der Waals surface area contributed by atoms with E-state index in [1.165, 1.54) is 0 Å². The lowest BCUT2D eigenvalue weighted by molar-refractivity contribution is 0.322. The molecule has 1 saturated heterocycles. The van der Waals surface area contributed by atoms with Gasteiger partial charge in [-0.3, -0.25) is 0 Å². The van der Waals surface area contributed by atoms with E-state index in [1.54, 1.807) is 0 Å². The van der Waals surface area contributed by atoms with Gasteiger partial charge >= 0.3 is 0 Å². The van der Waals surface area contributed by atoms with Crippen LogP contribution in [0.1, 0.15) is 12.8 Å². The molecule has 0 aliphatic carbocycles. The van der Waals surface area contributed by atoms with E-state index in [9.17, 15) is 8.42 Å². The molecule has 0 spiro atoms. The summed E-state index contributed by atoms with van der Waals surface area (Å²) in [4.78, 5) is 0. The van der Waals surface area contributed by atoms with Gasteiger partial charge in [0.05, 0.1) is 5.75 Å². The van der Waals surface area contributed by atoms with Crippen LogP contribution in [-0.2, 0) is 10.0 Å². The minimum Gasteiger partial charge on any atom is -0.492 e. The molecule has 5 nitrogen and oxygen atoms in total. The van der Waals surface area contributed by atoms with E-state index in [1.807, 2.05) is 30.3 Å². The smallest absolute Gasteiger partial charge is 0.213 e. The van der Waals surface area contributed by atoms with Gasteiger partial charge in [-0.2, -0.15) is 0 Å². The van der Waals surface area contributed by atoms with Gasteiger partial charge in [0.15, 0.2) is 0 Å². The van der Waals surface area contributed by atoms with Gasteiger partial charge in [-0.25, -0.2) is 13.1 Å². The van der Waals surface area contributed by atoms with Gasteiger partial charge in [-0.1, -0.05) is 18.2 Å². The van der Waals surface area contributed by atoms with E-state index < -0.39 is 10.0 Å². The molecule has 2 N–H and O–H groups in total. The molecule has 106 valence electrons. The van der Waals surface area contributed by atoms with E-state index in [4.69, 9.17) is 4.74 Å². The van der Waals surface area contributed by atoms with Gasteiger partial charge in [0, 0.05) is 12.6 Å². The zero-order chi connectivity index (χ0) is 13.6. The van der Waals surface area contributed by atoms with E-state index >= 15 is 0 Å². The van der Waals surface area contributed by atoms with Crippen molar-refractivity contribution in [3.8, 4) is 5.75 Å². The predicted octanol–water partition coefficient (Wildman–Crippen LogP) is 0.737. The van der Waals surface area contributed by atoms with Crippen molar-refractivity contribution >= 4 is 10.0 Å². The summed E-state index contributed by atoms with van der Waals surface area (Å²) in [6.07, 6.45) is 1.98. The molecule has 19 heavy (non-hydrogen) atoms. The van der Waals surface area contributed by atoms with Crippen molar-refractivity contribution in [1.82, 2.24) is 10.0 Å². The van der Waals surface area contributed by atoms with Crippen LogP contribution in [0.25, 0.3) is 0 Å². The minimum atomic E-state index is -3.21. The number of sulfonamides is 1. The quantitative estimate of drug-likeness (QED) is 0.725. The topological polar surface area (TPSA) is 67.4 Å². The normalized spacial score (nSPS) is 19.5. The number of benzene rings is 1. The van der Waals surface area contributed by atoms with Crippen molar-refractivity contribution in [3.63, 3.8) is 0 Å². The highest BCUT2D eigenvalue weighted by molar-refractivity contribution is 7.89. The Kier molecular flexibility index (Phi) is 5.18. The van der Waals surface area contributed by atoms with Gasteiger partial charge in [0.1, 0.15) is 12.4 Å². The highest BCUT2D eigenvalue weighted by Crippen LogP contribution is 2.08. The minimum absolute atomic E-state index is 0.0903. The Labute approximate surface area is 114 Å². The Bertz CT molecular complexity index is 470. The van der Waals surface area contributed by atoms with Crippen molar-refractivity contribution in [2.75, 3.05) is 25.4 Å². The third-order valence-electron chi connectivity index (χ3n) is 3.02. The number of hydrogen-bond donors (Lipinski definition) is 2. The molecule has 0 radical (unpaired) electrons. The van der Waals surface area contributed by atoms with Crippen LogP contribution in [0.5, 0.6) is 5.75 Å². The fourth-order valence-electron chi connectivity index (χ4n) is 2.11. The molecular formula is C13H20N2O3S. The van der Waals surface area contributed by atoms with Crippen molar-refractivity contribution in [2.45, 2.75) is 18.9 Å². The van der Waals surface area contributed by atoms with Crippen molar-refractivity contribution in [3.05, 3.63) is 30.3 Å². The second kappa shape index (κ2) is 6.88. The van der Waals surface area contributed by atoms with Crippen LogP contribution in [0.2, 0.25) is 0 Å². The molecular weight excluding hydrogens is 264 g/mol.